The van der Waals surface area contributed by atoms with E-state index >= 15 is 0 Å². The lowest BCUT2D eigenvalue weighted by Gasteiger charge is -2.30. The van der Waals surface area contributed by atoms with Crippen molar-refractivity contribution in [1.82, 2.24) is 10.0 Å². The van der Waals surface area contributed by atoms with Crippen LogP contribution in [-0.2, 0) is 16.4 Å². The first-order chi connectivity index (χ1) is 9.03. The normalized spacial score (nSPS) is 24.3. The molecule has 106 valence electrons. The zero-order valence-electron chi connectivity index (χ0n) is 11.5. The third-order valence-electron chi connectivity index (χ3n) is 3.71. The van der Waals surface area contributed by atoms with Crippen LogP contribution in [0.4, 0.5) is 0 Å². The van der Waals surface area contributed by atoms with Crippen molar-refractivity contribution >= 4 is 10.0 Å². The molecule has 1 saturated heterocycles. The molecule has 0 spiro atoms. The summed E-state index contributed by atoms with van der Waals surface area (Å²) < 4.78 is 27.4. The number of aryl methyl sites for hydroxylation is 1. The quantitative estimate of drug-likeness (QED) is 0.883. The molecule has 0 saturated carbocycles. The molecule has 5 heteroatoms. The predicted octanol–water partition coefficient (Wildman–Crippen LogP) is 1.67. The Morgan fingerprint density at radius 2 is 2.00 bits per heavy atom. The Morgan fingerprint density at radius 3 is 2.58 bits per heavy atom. The molecular weight excluding hydrogens is 260 g/mol. The molecule has 2 atom stereocenters. The van der Waals surface area contributed by atoms with Gasteiger partial charge in [-0.2, -0.15) is 0 Å². The first-order valence-corrected chi connectivity index (χ1v) is 8.36. The molecule has 1 heterocycles. The third-order valence-corrected chi connectivity index (χ3v) is 5.22. The SMILES string of the molecule is CCc1ccc(S(=O)(=O)NC2CCCNC2C)cc1. The largest absolute Gasteiger partial charge is 0.313 e. The van der Waals surface area contributed by atoms with E-state index in [9.17, 15) is 8.42 Å². The topological polar surface area (TPSA) is 58.2 Å². The van der Waals surface area contributed by atoms with Crippen LogP contribution in [0.1, 0.15) is 32.3 Å². The summed E-state index contributed by atoms with van der Waals surface area (Å²) in [6.45, 7) is 5.04. The van der Waals surface area contributed by atoms with Gasteiger partial charge in [0.1, 0.15) is 0 Å². The number of sulfonamides is 1. The number of piperidine rings is 1. The first-order valence-electron chi connectivity index (χ1n) is 6.87. The standard InChI is InChI=1S/C14H22N2O2S/c1-3-12-6-8-13(9-7-12)19(17,18)16-14-5-4-10-15-11(14)2/h6-9,11,14-16H,3-5,10H2,1-2H3. The molecule has 2 N–H and O–H groups in total. The summed E-state index contributed by atoms with van der Waals surface area (Å²) in [6, 6.07) is 7.27. The molecule has 19 heavy (non-hydrogen) atoms. The summed E-state index contributed by atoms with van der Waals surface area (Å²) in [7, 11) is -3.41. The molecule has 1 aliphatic heterocycles. The van der Waals surface area contributed by atoms with Gasteiger partial charge in [-0.1, -0.05) is 19.1 Å². The predicted molar refractivity (Wildman–Crippen MR) is 76.6 cm³/mol. The van der Waals surface area contributed by atoms with Crippen molar-refractivity contribution in [2.75, 3.05) is 6.54 Å². The Bertz CT molecular complexity index is 511. The molecule has 0 bridgehead atoms. The lowest BCUT2D eigenvalue weighted by molar-refractivity contribution is 0.349. The van der Waals surface area contributed by atoms with E-state index in [4.69, 9.17) is 0 Å². The van der Waals surface area contributed by atoms with Crippen LogP contribution in [0, 0.1) is 0 Å². The van der Waals surface area contributed by atoms with Gasteiger partial charge in [0.05, 0.1) is 4.90 Å². The van der Waals surface area contributed by atoms with E-state index in [-0.39, 0.29) is 12.1 Å². The second-order valence-corrected chi connectivity index (χ2v) is 6.82. The summed E-state index contributed by atoms with van der Waals surface area (Å²) in [5.74, 6) is 0. The Kier molecular flexibility index (Phi) is 4.60. The van der Waals surface area contributed by atoms with E-state index in [0.29, 0.717) is 4.90 Å². The number of nitrogens with one attached hydrogen (secondary N) is 2. The van der Waals surface area contributed by atoms with Gasteiger partial charge in [-0.15, -0.1) is 0 Å². The summed E-state index contributed by atoms with van der Waals surface area (Å²) in [4.78, 5) is 0.350. The van der Waals surface area contributed by atoms with Crippen molar-refractivity contribution in [3.8, 4) is 0 Å². The highest BCUT2D eigenvalue weighted by atomic mass is 32.2. The fraction of sp³-hybridized carbons (Fsp3) is 0.571. The van der Waals surface area contributed by atoms with Crippen molar-refractivity contribution in [3.05, 3.63) is 29.8 Å². The molecular formula is C14H22N2O2S. The molecule has 2 rings (SSSR count). The van der Waals surface area contributed by atoms with Crippen LogP contribution in [0.15, 0.2) is 29.2 Å². The molecule has 4 nitrogen and oxygen atoms in total. The number of rotatable bonds is 4. The van der Waals surface area contributed by atoms with Crippen LogP contribution in [-0.4, -0.2) is 27.0 Å². The maximum atomic E-state index is 12.3. The van der Waals surface area contributed by atoms with Gasteiger partial charge in [-0.05, 0) is 50.4 Å². The van der Waals surface area contributed by atoms with Gasteiger partial charge < -0.3 is 5.32 Å². The van der Waals surface area contributed by atoms with Gasteiger partial charge >= 0.3 is 0 Å². The van der Waals surface area contributed by atoms with Crippen molar-refractivity contribution in [2.24, 2.45) is 0 Å². The minimum atomic E-state index is -3.41. The van der Waals surface area contributed by atoms with Gasteiger partial charge in [0, 0.05) is 12.1 Å². The molecule has 1 aliphatic rings. The van der Waals surface area contributed by atoms with Gasteiger partial charge in [0.2, 0.25) is 10.0 Å². The molecule has 1 aromatic rings. The Morgan fingerprint density at radius 1 is 1.32 bits per heavy atom. The van der Waals surface area contributed by atoms with Crippen LogP contribution in [0.3, 0.4) is 0 Å². The lowest BCUT2D eigenvalue weighted by Crippen LogP contribution is -2.51. The number of hydrogen-bond acceptors (Lipinski definition) is 3. The first kappa shape index (κ1) is 14.5. The Labute approximate surface area is 115 Å². The summed E-state index contributed by atoms with van der Waals surface area (Å²) in [5, 5.41) is 3.30. The van der Waals surface area contributed by atoms with Gasteiger partial charge in [-0.3, -0.25) is 0 Å². The average Bonchev–Trinajstić information content (AvgIpc) is 2.41. The molecule has 1 aromatic carbocycles. The average molecular weight is 282 g/mol. The lowest BCUT2D eigenvalue weighted by atomic mass is 10.0. The minimum Gasteiger partial charge on any atom is -0.313 e. The smallest absolute Gasteiger partial charge is 0.240 e. The van der Waals surface area contributed by atoms with Gasteiger partial charge in [-0.25, -0.2) is 13.1 Å². The van der Waals surface area contributed by atoms with Crippen molar-refractivity contribution < 1.29 is 8.42 Å². The van der Waals surface area contributed by atoms with Gasteiger partial charge in [0.25, 0.3) is 0 Å². The van der Waals surface area contributed by atoms with E-state index in [0.717, 1.165) is 31.4 Å². The fourth-order valence-corrected chi connectivity index (χ4v) is 3.73. The van der Waals surface area contributed by atoms with Crippen molar-refractivity contribution in [3.63, 3.8) is 0 Å². The van der Waals surface area contributed by atoms with E-state index in [2.05, 4.69) is 17.0 Å². The van der Waals surface area contributed by atoms with E-state index < -0.39 is 10.0 Å². The highest BCUT2D eigenvalue weighted by Gasteiger charge is 2.26. The second-order valence-electron chi connectivity index (χ2n) is 5.11. The zero-order chi connectivity index (χ0) is 13.9. The van der Waals surface area contributed by atoms with Crippen molar-refractivity contribution in [1.29, 1.82) is 0 Å². The second kappa shape index (κ2) is 6.03. The monoisotopic (exact) mass is 282 g/mol. The number of benzene rings is 1. The molecule has 0 amide bonds. The summed E-state index contributed by atoms with van der Waals surface area (Å²) in [6.07, 6.45) is 2.81. The maximum Gasteiger partial charge on any atom is 0.240 e. The van der Waals surface area contributed by atoms with E-state index in [1.165, 1.54) is 0 Å². The molecule has 2 unspecified atom stereocenters. The number of hydrogen-bond donors (Lipinski definition) is 2. The van der Waals surface area contributed by atoms with E-state index in [1.807, 2.05) is 19.1 Å². The summed E-state index contributed by atoms with van der Waals surface area (Å²) >= 11 is 0. The van der Waals surface area contributed by atoms with Crippen LogP contribution in [0.2, 0.25) is 0 Å². The highest BCUT2D eigenvalue weighted by Crippen LogP contribution is 2.15. The van der Waals surface area contributed by atoms with Crippen LogP contribution < -0.4 is 10.0 Å². The van der Waals surface area contributed by atoms with Crippen molar-refractivity contribution in [2.45, 2.75) is 50.1 Å². The maximum absolute atomic E-state index is 12.3. The summed E-state index contributed by atoms with van der Waals surface area (Å²) in [5.41, 5.74) is 1.15. The van der Waals surface area contributed by atoms with Crippen LogP contribution >= 0.6 is 0 Å². The van der Waals surface area contributed by atoms with Crippen LogP contribution in [0.25, 0.3) is 0 Å². The van der Waals surface area contributed by atoms with E-state index in [1.54, 1.807) is 12.1 Å². The minimum absolute atomic E-state index is 0.0235. The molecule has 0 aromatic heterocycles. The van der Waals surface area contributed by atoms with Crippen LogP contribution in [0.5, 0.6) is 0 Å². The fourth-order valence-electron chi connectivity index (χ4n) is 2.38. The van der Waals surface area contributed by atoms with Gasteiger partial charge in [0.15, 0.2) is 0 Å². The molecule has 0 radical (unpaired) electrons. The molecule has 1 fully saturated rings. The zero-order valence-corrected chi connectivity index (χ0v) is 12.3. The Balaban J connectivity index is 2.12. The third kappa shape index (κ3) is 3.55. The Hall–Kier alpha value is -0.910. The molecule has 0 aliphatic carbocycles. The highest BCUT2D eigenvalue weighted by molar-refractivity contribution is 7.89.